The maximum Gasteiger partial charge on any atom is 0.338 e. The van der Waals surface area contributed by atoms with Gasteiger partial charge in [-0.1, -0.05) is 44.2 Å². The molecule has 0 heterocycles. The van der Waals surface area contributed by atoms with Gasteiger partial charge < -0.3 is 10.1 Å². The van der Waals surface area contributed by atoms with Gasteiger partial charge in [-0.15, -0.1) is 0 Å². The Labute approximate surface area is 172 Å². The summed E-state index contributed by atoms with van der Waals surface area (Å²) in [5.74, 6) is -0.665. The third-order valence-electron chi connectivity index (χ3n) is 4.57. The number of nitrogens with one attached hydrogen (secondary N) is 1. The smallest absolute Gasteiger partial charge is 0.338 e. The summed E-state index contributed by atoms with van der Waals surface area (Å²) in [5.41, 5.74) is 3.08. The standard InChI is InChI=1S/C22H27NO5S/c1-15(2)18-8-6-17(7-9-18)11-12-23-21(24)14-28-22(25)20-13-19(29(4,26)27)10-5-16(20)3/h5-10,13,15H,11-12,14H2,1-4H3,(H,23,24). The van der Waals surface area contributed by atoms with Crippen molar-refractivity contribution in [1.82, 2.24) is 5.32 Å². The lowest BCUT2D eigenvalue weighted by Gasteiger charge is -2.10. The van der Waals surface area contributed by atoms with Gasteiger partial charge in [0.25, 0.3) is 5.91 Å². The molecule has 2 aromatic carbocycles. The van der Waals surface area contributed by atoms with Gasteiger partial charge in [-0.05, 0) is 48.1 Å². The molecule has 0 aromatic heterocycles. The molecule has 0 spiro atoms. The van der Waals surface area contributed by atoms with Crippen LogP contribution in [0.2, 0.25) is 0 Å². The normalized spacial score (nSPS) is 11.3. The van der Waals surface area contributed by atoms with Gasteiger partial charge in [-0.3, -0.25) is 4.79 Å². The van der Waals surface area contributed by atoms with Gasteiger partial charge in [0.05, 0.1) is 10.5 Å². The first-order valence-electron chi connectivity index (χ1n) is 9.41. The van der Waals surface area contributed by atoms with Gasteiger partial charge in [0.2, 0.25) is 0 Å². The van der Waals surface area contributed by atoms with Gasteiger partial charge in [-0.2, -0.15) is 0 Å². The third kappa shape index (κ3) is 6.71. The lowest BCUT2D eigenvalue weighted by Crippen LogP contribution is -2.30. The van der Waals surface area contributed by atoms with E-state index in [9.17, 15) is 18.0 Å². The molecule has 0 atom stereocenters. The van der Waals surface area contributed by atoms with Crippen molar-refractivity contribution in [2.45, 2.75) is 38.0 Å². The second kappa shape index (κ2) is 9.69. The van der Waals surface area contributed by atoms with Gasteiger partial charge in [0.1, 0.15) is 0 Å². The molecule has 0 saturated heterocycles. The topological polar surface area (TPSA) is 89.5 Å². The molecule has 0 saturated carbocycles. The highest BCUT2D eigenvalue weighted by atomic mass is 32.2. The molecule has 0 bridgehead atoms. The first-order valence-corrected chi connectivity index (χ1v) is 11.3. The first-order chi connectivity index (χ1) is 13.6. The minimum atomic E-state index is -3.44. The number of ether oxygens (including phenoxy) is 1. The number of aryl methyl sites for hydroxylation is 1. The van der Waals surface area contributed by atoms with Gasteiger partial charge >= 0.3 is 5.97 Å². The fourth-order valence-corrected chi connectivity index (χ4v) is 3.37. The number of carbonyl (C=O) groups excluding carboxylic acids is 2. The van der Waals surface area contributed by atoms with Crippen LogP contribution >= 0.6 is 0 Å². The summed E-state index contributed by atoms with van der Waals surface area (Å²) in [4.78, 5) is 24.2. The summed E-state index contributed by atoms with van der Waals surface area (Å²) in [6.45, 7) is 5.95. The highest BCUT2D eigenvalue weighted by molar-refractivity contribution is 7.90. The van der Waals surface area contributed by atoms with Crippen molar-refractivity contribution >= 4 is 21.7 Å². The SMILES string of the molecule is Cc1ccc(S(C)(=O)=O)cc1C(=O)OCC(=O)NCCc1ccc(C(C)C)cc1. The summed E-state index contributed by atoms with van der Waals surface area (Å²) < 4.78 is 28.3. The van der Waals surface area contributed by atoms with E-state index in [1.165, 1.54) is 23.8 Å². The molecular weight excluding hydrogens is 390 g/mol. The van der Waals surface area contributed by atoms with Crippen molar-refractivity contribution in [3.63, 3.8) is 0 Å². The third-order valence-corrected chi connectivity index (χ3v) is 5.68. The molecule has 1 N–H and O–H groups in total. The summed E-state index contributed by atoms with van der Waals surface area (Å²) >= 11 is 0. The largest absolute Gasteiger partial charge is 0.452 e. The molecule has 1 amide bonds. The maximum absolute atomic E-state index is 12.2. The molecule has 0 fully saturated rings. The number of amides is 1. The van der Waals surface area contributed by atoms with E-state index in [4.69, 9.17) is 4.74 Å². The Morgan fingerprint density at radius 1 is 1.07 bits per heavy atom. The van der Waals surface area contributed by atoms with Gasteiger partial charge in [-0.25, -0.2) is 13.2 Å². The average Bonchev–Trinajstić information content (AvgIpc) is 2.66. The predicted octanol–water partition coefficient (Wildman–Crippen LogP) is 3.04. The van der Waals surface area contributed by atoms with Crippen LogP contribution < -0.4 is 5.32 Å². The molecule has 0 aliphatic carbocycles. The number of carbonyl (C=O) groups is 2. The number of hydrogen-bond donors (Lipinski definition) is 1. The molecule has 29 heavy (non-hydrogen) atoms. The Bertz CT molecular complexity index is 979. The highest BCUT2D eigenvalue weighted by Gasteiger charge is 2.16. The van der Waals surface area contributed by atoms with Crippen molar-refractivity contribution < 1.29 is 22.7 Å². The van der Waals surface area contributed by atoms with Crippen LogP contribution in [-0.4, -0.2) is 39.7 Å². The highest BCUT2D eigenvalue weighted by Crippen LogP contribution is 2.17. The van der Waals surface area contributed by atoms with Crippen LogP contribution in [0, 0.1) is 6.92 Å². The Hall–Kier alpha value is -2.67. The zero-order chi connectivity index (χ0) is 21.6. The Balaban J connectivity index is 1.84. The monoisotopic (exact) mass is 417 g/mol. The van der Waals surface area contributed by atoms with E-state index in [0.717, 1.165) is 11.8 Å². The van der Waals surface area contributed by atoms with Crippen LogP contribution in [0.5, 0.6) is 0 Å². The molecule has 6 nitrogen and oxygen atoms in total. The number of sulfone groups is 1. The lowest BCUT2D eigenvalue weighted by atomic mass is 10.0. The fourth-order valence-electron chi connectivity index (χ4n) is 2.73. The van der Waals surface area contributed by atoms with Gasteiger partial charge in [0, 0.05) is 12.8 Å². The zero-order valence-corrected chi connectivity index (χ0v) is 18.0. The number of hydrogen-bond acceptors (Lipinski definition) is 5. The van der Waals surface area contributed by atoms with E-state index < -0.39 is 28.3 Å². The molecule has 0 unspecified atom stereocenters. The number of esters is 1. The molecule has 2 rings (SSSR count). The van der Waals surface area contributed by atoms with Crippen LogP contribution in [0.1, 0.15) is 46.8 Å². The van der Waals surface area contributed by atoms with E-state index in [-0.39, 0.29) is 10.5 Å². The van der Waals surface area contributed by atoms with E-state index in [1.54, 1.807) is 6.92 Å². The van der Waals surface area contributed by atoms with Crippen molar-refractivity contribution in [2.75, 3.05) is 19.4 Å². The average molecular weight is 418 g/mol. The molecule has 7 heteroatoms. The molecular formula is C22H27NO5S. The predicted molar refractivity (Wildman–Crippen MR) is 112 cm³/mol. The quantitative estimate of drug-likeness (QED) is 0.667. The Kier molecular flexibility index (Phi) is 7.56. The summed E-state index contributed by atoms with van der Waals surface area (Å²) in [5, 5.41) is 2.71. The van der Waals surface area contributed by atoms with E-state index in [0.29, 0.717) is 24.4 Å². The molecule has 0 radical (unpaired) electrons. The van der Waals surface area contributed by atoms with Crippen molar-refractivity contribution in [1.29, 1.82) is 0 Å². The molecule has 2 aromatic rings. The number of benzene rings is 2. The molecule has 0 aliphatic rings. The van der Waals surface area contributed by atoms with Crippen molar-refractivity contribution in [3.05, 3.63) is 64.7 Å². The van der Waals surface area contributed by atoms with Crippen molar-refractivity contribution in [2.24, 2.45) is 0 Å². The summed E-state index contributed by atoms with van der Waals surface area (Å²) in [6.07, 6.45) is 1.74. The van der Waals surface area contributed by atoms with E-state index in [2.05, 4.69) is 31.3 Å². The second-order valence-electron chi connectivity index (χ2n) is 7.32. The van der Waals surface area contributed by atoms with Crippen LogP contribution in [0.15, 0.2) is 47.4 Å². The minimum absolute atomic E-state index is 0.0305. The zero-order valence-electron chi connectivity index (χ0n) is 17.2. The Morgan fingerprint density at radius 3 is 2.31 bits per heavy atom. The first kappa shape index (κ1) is 22.6. The van der Waals surface area contributed by atoms with Crippen LogP contribution in [0.3, 0.4) is 0 Å². The van der Waals surface area contributed by atoms with Crippen LogP contribution in [0.25, 0.3) is 0 Å². The summed E-state index contributed by atoms with van der Waals surface area (Å²) in [7, 11) is -3.44. The summed E-state index contributed by atoms with van der Waals surface area (Å²) in [6, 6.07) is 12.5. The van der Waals surface area contributed by atoms with Gasteiger partial charge in [0.15, 0.2) is 16.4 Å². The van der Waals surface area contributed by atoms with Crippen LogP contribution in [-0.2, 0) is 25.8 Å². The van der Waals surface area contributed by atoms with E-state index >= 15 is 0 Å². The van der Waals surface area contributed by atoms with Crippen LogP contribution in [0.4, 0.5) is 0 Å². The molecule has 156 valence electrons. The fraction of sp³-hybridized carbons (Fsp3) is 0.364. The number of rotatable bonds is 8. The maximum atomic E-state index is 12.2. The second-order valence-corrected chi connectivity index (χ2v) is 9.34. The van der Waals surface area contributed by atoms with Crippen molar-refractivity contribution in [3.8, 4) is 0 Å². The van der Waals surface area contributed by atoms with E-state index in [1.807, 2.05) is 12.1 Å². The lowest BCUT2D eigenvalue weighted by molar-refractivity contribution is -0.124. The Morgan fingerprint density at radius 2 is 1.72 bits per heavy atom. The molecule has 0 aliphatic heterocycles. The minimum Gasteiger partial charge on any atom is -0.452 e.